The fourth-order valence-corrected chi connectivity index (χ4v) is 2.25. The van der Waals surface area contributed by atoms with Gasteiger partial charge in [-0.05, 0) is 18.6 Å². The molecule has 0 spiro atoms. The molecule has 0 saturated carbocycles. The van der Waals surface area contributed by atoms with Crippen LogP contribution in [0.2, 0.25) is 0 Å². The van der Waals surface area contributed by atoms with E-state index >= 15 is 0 Å². The maximum absolute atomic E-state index is 5.76. The van der Waals surface area contributed by atoms with Crippen LogP contribution in [0, 0.1) is 6.92 Å². The third-order valence-corrected chi connectivity index (χ3v) is 3.31. The van der Waals surface area contributed by atoms with E-state index in [2.05, 4.69) is 10.3 Å². The van der Waals surface area contributed by atoms with Crippen molar-refractivity contribution in [3.63, 3.8) is 0 Å². The highest BCUT2D eigenvalue weighted by Gasteiger charge is 2.16. The molecule has 19 heavy (non-hydrogen) atoms. The molecular formula is C15H18N2O2. The smallest absolute Gasteiger partial charge is 0.198 e. The van der Waals surface area contributed by atoms with E-state index in [9.17, 15) is 0 Å². The average Bonchev–Trinajstić information content (AvgIpc) is 2.83. The summed E-state index contributed by atoms with van der Waals surface area (Å²) in [6.07, 6.45) is 1.64. The van der Waals surface area contributed by atoms with E-state index < -0.39 is 0 Å². The summed E-state index contributed by atoms with van der Waals surface area (Å²) in [6, 6.07) is 8.03. The summed E-state index contributed by atoms with van der Waals surface area (Å²) in [5.74, 6) is 2.74. The highest BCUT2D eigenvalue weighted by molar-refractivity contribution is 5.31. The first-order valence-corrected chi connectivity index (χ1v) is 6.69. The molecule has 2 heterocycles. The number of rotatable bonds is 4. The molecule has 0 radical (unpaired) electrons. The van der Waals surface area contributed by atoms with Crippen molar-refractivity contribution in [1.82, 2.24) is 10.3 Å². The van der Waals surface area contributed by atoms with Crippen molar-refractivity contribution in [3.05, 3.63) is 47.2 Å². The molecule has 0 unspecified atom stereocenters. The zero-order valence-corrected chi connectivity index (χ0v) is 11.1. The highest BCUT2D eigenvalue weighted by atomic mass is 16.5. The highest BCUT2D eigenvalue weighted by Crippen LogP contribution is 2.18. The van der Waals surface area contributed by atoms with Crippen molar-refractivity contribution in [3.8, 4) is 5.75 Å². The molecule has 3 rings (SSSR count). The summed E-state index contributed by atoms with van der Waals surface area (Å²) >= 11 is 0. The van der Waals surface area contributed by atoms with Crippen molar-refractivity contribution in [2.24, 2.45) is 0 Å². The SMILES string of the molecule is Cc1ccccc1OCCc1nc2c(o1)CCNC2. The Balaban J connectivity index is 1.58. The zero-order chi connectivity index (χ0) is 13.1. The molecule has 0 atom stereocenters. The van der Waals surface area contributed by atoms with E-state index in [1.165, 1.54) is 0 Å². The number of para-hydroxylation sites is 1. The van der Waals surface area contributed by atoms with Gasteiger partial charge in [-0.3, -0.25) is 0 Å². The molecule has 0 amide bonds. The Kier molecular flexibility index (Phi) is 3.51. The Labute approximate surface area is 112 Å². The Morgan fingerprint density at radius 1 is 1.37 bits per heavy atom. The topological polar surface area (TPSA) is 47.3 Å². The second-order valence-corrected chi connectivity index (χ2v) is 4.77. The Bertz CT molecular complexity index is 540. The van der Waals surface area contributed by atoms with Gasteiger partial charge in [0.25, 0.3) is 0 Å². The van der Waals surface area contributed by atoms with Crippen LogP contribution in [0.4, 0.5) is 0 Å². The second-order valence-electron chi connectivity index (χ2n) is 4.77. The minimum atomic E-state index is 0.595. The number of nitrogens with one attached hydrogen (secondary N) is 1. The number of aromatic nitrogens is 1. The maximum atomic E-state index is 5.76. The summed E-state index contributed by atoms with van der Waals surface area (Å²) in [5, 5.41) is 3.29. The van der Waals surface area contributed by atoms with E-state index in [1.807, 2.05) is 31.2 Å². The lowest BCUT2D eigenvalue weighted by Gasteiger charge is -2.08. The van der Waals surface area contributed by atoms with Gasteiger partial charge in [0.2, 0.25) is 0 Å². The maximum Gasteiger partial charge on any atom is 0.198 e. The lowest BCUT2D eigenvalue weighted by molar-refractivity contribution is 0.301. The molecule has 1 N–H and O–H groups in total. The Morgan fingerprint density at radius 2 is 2.26 bits per heavy atom. The van der Waals surface area contributed by atoms with Crippen LogP contribution in [-0.2, 0) is 19.4 Å². The summed E-state index contributed by atoms with van der Waals surface area (Å²) < 4.78 is 11.5. The number of hydrogen-bond donors (Lipinski definition) is 1. The fraction of sp³-hybridized carbons (Fsp3) is 0.400. The summed E-state index contributed by atoms with van der Waals surface area (Å²) in [6.45, 7) is 4.43. The largest absolute Gasteiger partial charge is 0.493 e. The molecule has 1 aliphatic heterocycles. The van der Waals surface area contributed by atoms with Crippen LogP contribution in [0.15, 0.2) is 28.7 Å². The first kappa shape index (κ1) is 12.2. The molecule has 1 aliphatic rings. The number of fused-ring (bicyclic) bond motifs is 1. The number of ether oxygens (including phenoxy) is 1. The van der Waals surface area contributed by atoms with Gasteiger partial charge in [0.05, 0.1) is 18.7 Å². The number of oxazole rings is 1. The quantitative estimate of drug-likeness (QED) is 0.913. The molecule has 4 heteroatoms. The Morgan fingerprint density at radius 3 is 3.11 bits per heavy atom. The average molecular weight is 258 g/mol. The van der Waals surface area contributed by atoms with Gasteiger partial charge in [0.15, 0.2) is 5.89 Å². The predicted molar refractivity (Wildman–Crippen MR) is 72.3 cm³/mol. The third kappa shape index (κ3) is 2.79. The van der Waals surface area contributed by atoms with E-state index in [0.29, 0.717) is 13.0 Å². The monoisotopic (exact) mass is 258 g/mol. The van der Waals surface area contributed by atoms with Gasteiger partial charge in [0.1, 0.15) is 11.5 Å². The molecule has 100 valence electrons. The van der Waals surface area contributed by atoms with Gasteiger partial charge in [-0.2, -0.15) is 0 Å². The predicted octanol–water partition coefficient (Wildman–Crippen LogP) is 2.25. The number of aryl methyl sites for hydroxylation is 1. The molecule has 0 aliphatic carbocycles. The van der Waals surface area contributed by atoms with Crippen molar-refractivity contribution in [1.29, 1.82) is 0 Å². The minimum absolute atomic E-state index is 0.595. The van der Waals surface area contributed by atoms with E-state index in [0.717, 1.165) is 48.2 Å². The van der Waals surface area contributed by atoms with Crippen LogP contribution >= 0.6 is 0 Å². The molecule has 0 fully saturated rings. The zero-order valence-electron chi connectivity index (χ0n) is 11.1. The molecule has 1 aromatic heterocycles. The van der Waals surface area contributed by atoms with Gasteiger partial charge in [-0.25, -0.2) is 4.98 Å². The Hall–Kier alpha value is -1.81. The molecular weight excluding hydrogens is 240 g/mol. The normalized spacial score (nSPS) is 14.2. The van der Waals surface area contributed by atoms with Gasteiger partial charge in [-0.1, -0.05) is 18.2 Å². The van der Waals surface area contributed by atoms with Crippen LogP contribution < -0.4 is 10.1 Å². The van der Waals surface area contributed by atoms with Crippen LogP contribution in [0.3, 0.4) is 0 Å². The van der Waals surface area contributed by atoms with Crippen molar-refractivity contribution < 1.29 is 9.15 Å². The number of nitrogens with zero attached hydrogens (tertiary/aromatic N) is 1. The van der Waals surface area contributed by atoms with Gasteiger partial charge >= 0.3 is 0 Å². The number of benzene rings is 1. The molecule has 2 aromatic rings. The van der Waals surface area contributed by atoms with Crippen molar-refractivity contribution in [2.75, 3.05) is 13.2 Å². The summed E-state index contributed by atoms with van der Waals surface area (Å²) in [5.41, 5.74) is 2.20. The minimum Gasteiger partial charge on any atom is -0.493 e. The van der Waals surface area contributed by atoms with E-state index in [4.69, 9.17) is 9.15 Å². The van der Waals surface area contributed by atoms with Crippen LogP contribution in [0.5, 0.6) is 5.75 Å². The van der Waals surface area contributed by atoms with E-state index in [-0.39, 0.29) is 0 Å². The summed E-state index contributed by atoms with van der Waals surface area (Å²) in [7, 11) is 0. The lowest BCUT2D eigenvalue weighted by Crippen LogP contribution is -2.22. The van der Waals surface area contributed by atoms with Crippen LogP contribution in [0.1, 0.15) is 22.9 Å². The molecule has 0 saturated heterocycles. The first-order chi connectivity index (χ1) is 9.33. The molecule has 0 bridgehead atoms. The van der Waals surface area contributed by atoms with Gasteiger partial charge < -0.3 is 14.5 Å². The van der Waals surface area contributed by atoms with Crippen molar-refractivity contribution in [2.45, 2.75) is 26.3 Å². The van der Waals surface area contributed by atoms with Crippen molar-refractivity contribution >= 4 is 0 Å². The van der Waals surface area contributed by atoms with Crippen LogP contribution in [0.25, 0.3) is 0 Å². The molecule has 4 nitrogen and oxygen atoms in total. The number of hydrogen-bond acceptors (Lipinski definition) is 4. The fourth-order valence-electron chi connectivity index (χ4n) is 2.25. The molecule has 1 aromatic carbocycles. The van der Waals surface area contributed by atoms with E-state index in [1.54, 1.807) is 0 Å². The first-order valence-electron chi connectivity index (χ1n) is 6.69. The standard InChI is InChI=1S/C15H18N2O2/c1-11-4-2-3-5-13(11)18-9-7-15-17-12-10-16-8-6-14(12)19-15/h2-5,16H,6-10H2,1H3. The van der Waals surface area contributed by atoms with Crippen LogP contribution in [-0.4, -0.2) is 18.1 Å². The lowest BCUT2D eigenvalue weighted by atomic mass is 10.2. The third-order valence-electron chi connectivity index (χ3n) is 3.31. The summed E-state index contributed by atoms with van der Waals surface area (Å²) in [4.78, 5) is 4.50. The second kappa shape index (κ2) is 5.45. The van der Waals surface area contributed by atoms with Gasteiger partial charge in [0, 0.05) is 19.5 Å². The van der Waals surface area contributed by atoms with Gasteiger partial charge in [-0.15, -0.1) is 0 Å².